The normalized spacial score (nSPS) is 11.1. The Morgan fingerprint density at radius 1 is 0.463 bits per heavy atom. The first-order valence-electron chi connectivity index (χ1n) is 17.3. The standard InChI is InChI=1S/C38H60O3/c1-3-5-7-9-11-13-15-17-19-21-23-33-40-36-29-25-34(26-30-36)35-27-31-37(32-28-35)41-38(39)24-22-20-18-16-14-12-10-8-6-4-2/h25-32H,3-24,33H2,1-2H3. The average Bonchev–Trinajstić information content (AvgIpc) is 2.99. The predicted octanol–water partition coefficient (Wildman–Crippen LogP) is 12.3. The van der Waals surface area contributed by atoms with Crippen LogP contribution in [-0.4, -0.2) is 12.6 Å². The molecule has 0 aliphatic heterocycles. The van der Waals surface area contributed by atoms with Crippen LogP contribution in [-0.2, 0) is 4.79 Å². The van der Waals surface area contributed by atoms with Gasteiger partial charge in [-0.15, -0.1) is 0 Å². The lowest BCUT2D eigenvalue weighted by Gasteiger charge is -2.09. The van der Waals surface area contributed by atoms with E-state index in [0.717, 1.165) is 42.7 Å². The summed E-state index contributed by atoms with van der Waals surface area (Å²) < 4.78 is 11.5. The van der Waals surface area contributed by atoms with E-state index in [-0.39, 0.29) is 5.97 Å². The van der Waals surface area contributed by atoms with Gasteiger partial charge in [0.2, 0.25) is 0 Å². The molecule has 0 saturated carbocycles. The fraction of sp³-hybridized carbons (Fsp3) is 0.658. The topological polar surface area (TPSA) is 35.5 Å². The Hall–Kier alpha value is -2.29. The van der Waals surface area contributed by atoms with Gasteiger partial charge in [0.1, 0.15) is 11.5 Å². The van der Waals surface area contributed by atoms with Crippen LogP contribution in [0.1, 0.15) is 155 Å². The number of rotatable bonds is 26. The van der Waals surface area contributed by atoms with Crippen molar-refractivity contribution in [1.82, 2.24) is 0 Å². The lowest BCUT2D eigenvalue weighted by atomic mass is 10.1. The zero-order chi connectivity index (χ0) is 29.2. The van der Waals surface area contributed by atoms with Gasteiger partial charge in [0.05, 0.1) is 6.61 Å². The molecule has 0 aromatic heterocycles. The maximum atomic E-state index is 12.2. The monoisotopic (exact) mass is 564 g/mol. The molecule has 2 aromatic carbocycles. The molecule has 0 N–H and O–H groups in total. The minimum atomic E-state index is -0.128. The highest BCUT2D eigenvalue weighted by molar-refractivity contribution is 5.73. The first-order valence-corrected chi connectivity index (χ1v) is 17.3. The summed E-state index contributed by atoms with van der Waals surface area (Å²) in [6, 6.07) is 16.1. The number of ether oxygens (including phenoxy) is 2. The van der Waals surface area contributed by atoms with E-state index in [0.29, 0.717) is 12.2 Å². The number of hydrogen-bond acceptors (Lipinski definition) is 3. The predicted molar refractivity (Wildman–Crippen MR) is 176 cm³/mol. The highest BCUT2D eigenvalue weighted by Gasteiger charge is 2.06. The summed E-state index contributed by atoms with van der Waals surface area (Å²) in [5.74, 6) is 1.42. The Morgan fingerprint density at radius 3 is 1.27 bits per heavy atom. The Morgan fingerprint density at radius 2 is 0.829 bits per heavy atom. The maximum absolute atomic E-state index is 12.2. The van der Waals surface area contributed by atoms with Crippen LogP contribution in [0.5, 0.6) is 11.5 Å². The summed E-state index contributed by atoms with van der Waals surface area (Å²) in [6.45, 7) is 5.33. The van der Waals surface area contributed by atoms with Crippen LogP contribution in [0.4, 0.5) is 0 Å². The first kappa shape index (κ1) is 34.9. The van der Waals surface area contributed by atoms with Gasteiger partial charge in [-0.3, -0.25) is 4.79 Å². The molecule has 2 rings (SSSR count). The molecule has 0 saturated heterocycles. The average molecular weight is 565 g/mol. The van der Waals surface area contributed by atoms with Crippen molar-refractivity contribution in [2.75, 3.05) is 6.61 Å². The Labute approximate surface area is 252 Å². The number of carbonyl (C=O) groups excluding carboxylic acids is 1. The Bertz CT molecular complexity index is 871. The summed E-state index contributed by atoms with van der Waals surface area (Å²) in [5, 5.41) is 0. The molecule has 0 amide bonds. The lowest BCUT2D eigenvalue weighted by molar-refractivity contribution is -0.134. The fourth-order valence-corrected chi connectivity index (χ4v) is 5.35. The molecule has 0 unspecified atom stereocenters. The molecule has 0 aliphatic carbocycles. The third-order valence-corrected chi connectivity index (χ3v) is 8.02. The second-order valence-corrected chi connectivity index (χ2v) is 11.8. The SMILES string of the molecule is CCCCCCCCCCCCCOc1ccc(-c2ccc(OC(=O)CCCCCCCCCCCC)cc2)cc1. The molecule has 0 heterocycles. The maximum Gasteiger partial charge on any atom is 0.311 e. The van der Waals surface area contributed by atoms with E-state index < -0.39 is 0 Å². The third-order valence-electron chi connectivity index (χ3n) is 8.02. The molecule has 0 fully saturated rings. The quantitative estimate of drug-likeness (QED) is 0.0647. The van der Waals surface area contributed by atoms with Crippen molar-refractivity contribution >= 4 is 5.97 Å². The van der Waals surface area contributed by atoms with E-state index in [4.69, 9.17) is 9.47 Å². The van der Waals surface area contributed by atoms with Crippen molar-refractivity contribution in [3.05, 3.63) is 48.5 Å². The van der Waals surface area contributed by atoms with Gasteiger partial charge in [-0.25, -0.2) is 0 Å². The van der Waals surface area contributed by atoms with Crippen LogP contribution >= 0.6 is 0 Å². The fourth-order valence-electron chi connectivity index (χ4n) is 5.35. The van der Waals surface area contributed by atoms with E-state index in [1.54, 1.807) is 0 Å². The number of esters is 1. The van der Waals surface area contributed by atoms with Crippen LogP contribution < -0.4 is 9.47 Å². The third kappa shape index (κ3) is 18.0. The van der Waals surface area contributed by atoms with Crippen molar-refractivity contribution in [1.29, 1.82) is 0 Å². The van der Waals surface area contributed by atoms with Crippen molar-refractivity contribution in [3.63, 3.8) is 0 Å². The zero-order valence-corrected chi connectivity index (χ0v) is 26.6. The summed E-state index contributed by atoms with van der Waals surface area (Å²) in [5.41, 5.74) is 2.24. The Balaban J connectivity index is 1.52. The second-order valence-electron chi connectivity index (χ2n) is 11.8. The molecule has 0 bridgehead atoms. The molecule has 230 valence electrons. The minimum Gasteiger partial charge on any atom is -0.494 e. The molecule has 0 radical (unpaired) electrons. The van der Waals surface area contributed by atoms with Gasteiger partial charge >= 0.3 is 5.97 Å². The molecule has 3 heteroatoms. The van der Waals surface area contributed by atoms with Gasteiger partial charge < -0.3 is 9.47 Å². The number of benzene rings is 2. The van der Waals surface area contributed by atoms with E-state index in [1.807, 2.05) is 36.4 Å². The van der Waals surface area contributed by atoms with Crippen molar-refractivity contribution in [2.24, 2.45) is 0 Å². The molecular weight excluding hydrogens is 504 g/mol. The zero-order valence-electron chi connectivity index (χ0n) is 26.6. The van der Waals surface area contributed by atoms with Gasteiger partial charge in [0.25, 0.3) is 0 Å². The largest absolute Gasteiger partial charge is 0.494 e. The van der Waals surface area contributed by atoms with E-state index in [9.17, 15) is 4.79 Å². The highest BCUT2D eigenvalue weighted by Crippen LogP contribution is 2.25. The Kier molecular flexibility index (Phi) is 20.7. The van der Waals surface area contributed by atoms with Crippen LogP contribution in [0.2, 0.25) is 0 Å². The summed E-state index contributed by atoms with van der Waals surface area (Å²) in [6.07, 6.45) is 28.0. The van der Waals surface area contributed by atoms with Crippen LogP contribution in [0, 0.1) is 0 Å². The molecule has 0 aliphatic rings. The van der Waals surface area contributed by atoms with E-state index in [1.165, 1.54) is 116 Å². The minimum absolute atomic E-state index is 0.128. The van der Waals surface area contributed by atoms with Crippen molar-refractivity contribution < 1.29 is 14.3 Å². The van der Waals surface area contributed by atoms with Gasteiger partial charge in [-0.05, 0) is 48.2 Å². The number of hydrogen-bond donors (Lipinski definition) is 0. The molecule has 41 heavy (non-hydrogen) atoms. The molecule has 0 spiro atoms. The smallest absolute Gasteiger partial charge is 0.311 e. The van der Waals surface area contributed by atoms with Crippen LogP contribution in [0.3, 0.4) is 0 Å². The van der Waals surface area contributed by atoms with Crippen molar-refractivity contribution in [2.45, 2.75) is 155 Å². The molecule has 0 atom stereocenters. The summed E-state index contributed by atoms with van der Waals surface area (Å²) in [7, 11) is 0. The van der Waals surface area contributed by atoms with Gasteiger partial charge in [-0.1, -0.05) is 160 Å². The second kappa shape index (κ2) is 24.3. The van der Waals surface area contributed by atoms with Gasteiger partial charge in [0, 0.05) is 6.42 Å². The van der Waals surface area contributed by atoms with Crippen LogP contribution in [0.25, 0.3) is 11.1 Å². The molecule has 2 aromatic rings. The van der Waals surface area contributed by atoms with E-state index in [2.05, 4.69) is 26.0 Å². The number of unbranched alkanes of at least 4 members (excludes halogenated alkanes) is 19. The van der Waals surface area contributed by atoms with Gasteiger partial charge in [0.15, 0.2) is 0 Å². The summed E-state index contributed by atoms with van der Waals surface area (Å²) >= 11 is 0. The van der Waals surface area contributed by atoms with Crippen LogP contribution in [0.15, 0.2) is 48.5 Å². The van der Waals surface area contributed by atoms with Crippen molar-refractivity contribution in [3.8, 4) is 22.6 Å². The molecule has 3 nitrogen and oxygen atoms in total. The highest BCUT2D eigenvalue weighted by atomic mass is 16.5. The van der Waals surface area contributed by atoms with Gasteiger partial charge in [-0.2, -0.15) is 0 Å². The number of carbonyl (C=O) groups is 1. The summed E-state index contributed by atoms with van der Waals surface area (Å²) in [4.78, 5) is 12.2. The lowest BCUT2D eigenvalue weighted by Crippen LogP contribution is -2.07. The van der Waals surface area contributed by atoms with E-state index >= 15 is 0 Å². The molecular formula is C38H60O3. The first-order chi connectivity index (χ1) is 20.2.